The van der Waals surface area contributed by atoms with Gasteiger partial charge in [0.05, 0.1) is 13.2 Å². The third kappa shape index (κ3) is 3.60. The standard InChI is InChI=1S/C20H21NO5/c1-14-2-4-15(5-3-14)20(22)21-8-9-23-17(11-21)12-24-16-6-7-18-19(10-16)26-13-25-18/h2-7,10,17H,8-9,11-13H2,1H3. The molecule has 0 spiro atoms. The van der Waals surface area contributed by atoms with E-state index in [0.717, 1.165) is 11.3 Å². The molecule has 1 unspecified atom stereocenters. The van der Waals surface area contributed by atoms with Crippen LogP contribution in [0.15, 0.2) is 42.5 Å². The summed E-state index contributed by atoms with van der Waals surface area (Å²) in [5, 5.41) is 0. The van der Waals surface area contributed by atoms with Gasteiger partial charge in [-0.3, -0.25) is 4.79 Å². The molecule has 26 heavy (non-hydrogen) atoms. The predicted molar refractivity (Wildman–Crippen MR) is 94.9 cm³/mol. The lowest BCUT2D eigenvalue weighted by Crippen LogP contribution is -2.47. The van der Waals surface area contributed by atoms with E-state index in [0.29, 0.717) is 43.4 Å². The van der Waals surface area contributed by atoms with Gasteiger partial charge in [0.25, 0.3) is 5.91 Å². The van der Waals surface area contributed by atoms with Crippen LogP contribution in [-0.4, -0.2) is 50.0 Å². The number of amides is 1. The van der Waals surface area contributed by atoms with Crippen molar-refractivity contribution < 1.29 is 23.7 Å². The highest BCUT2D eigenvalue weighted by Crippen LogP contribution is 2.35. The summed E-state index contributed by atoms with van der Waals surface area (Å²) in [6, 6.07) is 13.1. The van der Waals surface area contributed by atoms with Crippen LogP contribution in [-0.2, 0) is 4.74 Å². The summed E-state index contributed by atoms with van der Waals surface area (Å²) in [4.78, 5) is 14.5. The summed E-state index contributed by atoms with van der Waals surface area (Å²) >= 11 is 0. The first-order chi connectivity index (χ1) is 12.7. The van der Waals surface area contributed by atoms with Gasteiger partial charge in [-0.05, 0) is 31.2 Å². The lowest BCUT2D eigenvalue weighted by atomic mass is 10.1. The summed E-state index contributed by atoms with van der Waals surface area (Å²) in [5.74, 6) is 2.13. The van der Waals surface area contributed by atoms with Crippen LogP contribution in [0.2, 0.25) is 0 Å². The monoisotopic (exact) mass is 355 g/mol. The molecule has 0 aromatic heterocycles. The summed E-state index contributed by atoms with van der Waals surface area (Å²) < 4.78 is 22.2. The molecule has 0 saturated carbocycles. The highest BCUT2D eigenvalue weighted by molar-refractivity contribution is 5.94. The van der Waals surface area contributed by atoms with Crippen LogP contribution >= 0.6 is 0 Å². The van der Waals surface area contributed by atoms with Crippen LogP contribution < -0.4 is 14.2 Å². The smallest absolute Gasteiger partial charge is 0.254 e. The van der Waals surface area contributed by atoms with Gasteiger partial charge in [0.15, 0.2) is 11.5 Å². The Balaban J connectivity index is 1.34. The maximum atomic E-state index is 12.7. The normalized spacial score (nSPS) is 18.7. The maximum Gasteiger partial charge on any atom is 0.254 e. The van der Waals surface area contributed by atoms with Crippen molar-refractivity contribution in [1.82, 2.24) is 4.90 Å². The molecule has 1 amide bonds. The number of ether oxygens (including phenoxy) is 4. The highest BCUT2D eigenvalue weighted by atomic mass is 16.7. The van der Waals surface area contributed by atoms with Gasteiger partial charge >= 0.3 is 0 Å². The summed E-state index contributed by atoms with van der Waals surface area (Å²) in [6.45, 7) is 4.22. The first-order valence-corrected chi connectivity index (χ1v) is 8.69. The number of fused-ring (bicyclic) bond motifs is 1. The van der Waals surface area contributed by atoms with Crippen molar-refractivity contribution in [2.45, 2.75) is 13.0 Å². The number of nitrogens with zero attached hydrogens (tertiary/aromatic N) is 1. The van der Waals surface area contributed by atoms with Gasteiger partial charge in [0.1, 0.15) is 18.5 Å². The van der Waals surface area contributed by atoms with Gasteiger partial charge in [-0.1, -0.05) is 17.7 Å². The van der Waals surface area contributed by atoms with E-state index in [1.54, 1.807) is 6.07 Å². The zero-order valence-electron chi connectivity index (χ0n) is 14.6. The van der Waals surface area contributed by atoms with Crippen molar-refractivity contribution in [3.05, 3.63) is 53.6 Å². The van der Waals surface area contributed by atoms with E-state index in [2.05, 4.69) is 0 Å². The Labute approximate surface area is 152 Å². The largest absolute Gasteiger partial charge is 0.491 e. The van der Waals surface area contributed by atoms with E-state index < -0.39 is 0 Å². The Morgan fingerprint density at radius 1 is 1.15 bits per heavy atom. The minimum Gasteiger partial charge on any atom is -0.491 e. The molecule has 0 aliphatic carbocycles. The number of benzene rings is 2. The molecule has 136 valence electrons. The predicted octanol–water partition coefficient (Wildman–Crippen LogP) is 2.64. The Morgan fingerprint density at radius 2 is 1.96 bits per heavy atom. The van der Waals surface area contributed by atoms with E-state index in [-0.39, 0.29) is 18.8 Å². The second kappa shape index (κ2) is 7.25. The molecule has 0 N–H and O–H groups in total. The molecule has 1 atom stereocenters. The summed E-state index contributed by atoms with van der Waals surface area (Å²) in [5.41, 5.74) is 1.84. The Hall–Kier alpha value is -2.73. The number of carbonyl (C=O) groups excluding carboxylic acids is 1. The lowest BCUT2D eigenvalue weighted by molar-refractivity contribution is -0.0401. The molecule has 1 fully saturated rings. The fraction of sp³-hybridized carbons (Fsp3) is 0.350. The van der Waals surface area contributed by atoms with E-state index in [1.807, 2.05) is 48.2 Å². The third-order valence-corrected chi connectivity index (χ3v) is 4.50. The first-order valence-electron chi connectivity index (χ1n) is 8.69. The number of aryl methyl sites for hydroxylation is 1. The van der Waals surface area contributed by atoms with Crippen LogP contribution in [0.25, 0.3) is 0 Å². The Kier molecular flexibility index (Phi) is 4.67. The molecule has 0 bridgehead atoms. The number of hydrogen-bond acceptors (Lipinski definition) is 5. The number of morpholine rings is 1. The van der Waals surface area contributed by atoms with Crippen molar-refractivity contribution in [2.75, 3.05) is 33.1 Å². The third-order valence-electron chi connectivity index (χ3n) is 4.50. The van der Waals surface area contributed by atoms with E-state index in [1.165, 1.54) is 0 Å². The van der Waals surface area contributed by atoms with Gasteiger partial charge in [0.2, 0.25) is 6.79 Å². The second-order valence-electron chi connectivity index (χ2n) is 6.44. The summed E-state index contributed by atoms with van der Waals surface area (Å²) in [7, 11) is 0. The minimum atomic E-state index is -0.163. The molecule has 6 heteroatoms. The minimum absolute atomic E-state index is 0.0291. The summed E-state index contributed by atoms with van der Waals surface area (Å²) in [6.07, 6.45) is -0.163. The molecule has 0 radical (unpaired) electrons. The van der Waals surface area contributed by atoms with Gasteiger partial charge in [-0.25, -0.2) is 0 Å². The van der Waals surface area contributed by atoms with Gasteiger partial charge in [-0.2, -0.15) is 0 Å². The van der Waals surface area contributed by atoms with Crippen molar-refractivity contribution in [1.29, 1.82) is 0 Å². The van der Waals surface area contributed by atoms with Crippen molar-refractivity contribution in [3.63, 3.8) is 0 Å². The molecule has 2 aromatic rings. The molecular formula is C20H21NO5. The molecule has 6 nitrogen and oxygen atoms in total. The maximum absolute atomic E-state index is 12.7. The van der Waals surface area contributed by atoms with Crippen LogP contribution in [0.1, 0.15) is 15.9 Å². The van der Waals surface area contributed by atoms with Gasteiger partial charge in [0, 0.05) is 18.2 Å². The fourth-order valence-corrected chi connectivity index (χ4v) is 3.04. The van der Waals surface area contributed by atoms with Crippen LogP contribution in [0.3, 0.4) is 0 Å². The zero-order chi connectivity index (χ0) is 17.9. The van der Waals surface area contributed by atoms with Crippen LogP contribution in [0.5, 0.6) is 17.2 Å². The Morgan fingerprint density at radius 3 is 2.81 bits per heavy atom. The van der Waals surface area contributed by atoms with Crippen LogP contribution in [0.4, 0.5) is 0 Å². The molecule has 2 heterocycles. The SMILES string of the molecule is Cc1ccc(C(=O)N2CCOC(COc3ccc4c(c3)OCO4)C2)cc1. The average molecular weight is 355 g/mol. The lowest BCUT2D eigenvalue weighted by Gasteiger charge is -2.33. The number of carbonyl (C=O) groups is 1. The van der Waals surface area contributed by atoms with Gasteiger partial charge < -0.3 is 23.8 Å². The average Bonchev–Trinajstić information content (AvgIpc) is 3.14. The molecule has 2 aliphatic rings. The topological polar surface area (TPSA) is 57.2 Å². The van der Waals surface area contributed by atoms with Crippen molar-refractivity contribution >= 4 is 5.91 Å². The molecule has 4 rings (SSSR count). The zero-order valence-corrected chi connectivity index (χ0v) is 14.6. The fourth-order valence-electron chi connectivity index (χ4n) is 3.04. The van der Waals surface area contributed by atoms with Crippen molar-refractivity contribution in [3.8, 4) is 17.2 Å². The first kappa shape index (κ1) is 16.7. The molecular weight excluding hydrogens is 334 g/mol. The van der Waals surface area contributed by atoms with E-state index in [9.17, 15) is 4.79 Å². The Bertz CT molecular complexity index is 789. The van der Waals surface area contributed by atoms with E-state index >= 15 is 0 Å². The van der Waals surface area contributed by atoms with Gasteiger partial charge in [-0.15, -0.1) is 0 Å². The van der Waals surface area contributed by atoms with Crippen molar-refractivity contribution in [2.24, 2.45) is 0 Å². The number of rotatable bonds is 4. The molecule has 2 aromatic carbocycles. The van der Waals surface area contributed by atoms with Crippen LogP contribution in [0, 0.1) is 6.92 Å². The highest BCUT2D eigenvalue weighted by Gasteiger charge is 2.25. The quantitative estimate of drug-likeness (QED) is 0.844. The van der Waals surface area contributed by atoms with E-state index in [4.69, 9.17) is 18.9 Å². The molecule has 1 saturated heterocycles. The second-order valence-corrected chi connectivity index (χ2v) is 6.44. The molecule has 2 aliphatic heterocycles. The number of hydrogen-bond donors (Lipinski definition) is 0.